The van der Waals surface area contributed by atoms with Crippen LogP contribution in [0.25, 0.3) is 0 Å². The van der Waals surface area contributed by atoms with Crippen LogP contribution >= 0.6 is 11.6 Å². The maximum atomic E-state index is 6.17. The van der Waals surface area contributed by atoms with Gasteiger partial charge in [-0.1, -0.05) is 18.5 Å². The first-order chi connectivity index (χ1) is 9.65. The van der Waals surface area contributed by atoms with Gasteiger partial charge in [-0.25, -0.2) is 0 Å². The highest BCUT2D eigenvalue weighted by molar-refractivity contribution is 6.30. The van der Waals surface area contributed by atoms with Crippen molar-refractivity contribution in [1.29, 1.82) is 0 Å². The molecule has 0 saturated carbocycles. The second kappa shape index (κ2) is 7.30. The lowest BCUT2D eigenvalue weighted by Crippen LogP contribution is -2.30. The van der Waals surface area contributed by atoms with E-state index >= 15 is 0 Å². The molecule has 112 valence electrons. The standard InChI is InChI=1S/C16H24ClNO2/c1-4-7-18-16(12-8-11(2)20-10-12)14-9-13(17)5-6-15(14)19-3/h5-6,9,11-12,16,18H,4,7-8,10H2,1-3H3. The lowest BCUT2D eigenvalue weighted by molar-refractivity contribution is 0.116. The molecule has 20 heavy (non-hydrogen) atoms. The summed E-state index contributed by atoms with van der Waals surface area (Å²) in [6, 6.07) is 6.05. The molecule has 1 N–H and O–H groups in total. The lowest BCUT2D eigenvalue weighted by atomic mass is 9.90. The lowest BCUT2D eigenvalue weighted by Gasteiger charge is -2.26. The third-order valence-corrected chi connectivity index (χ3v) is 4.08. The molecule has 1 aromatic carbocycles. The number of hydrogen-bond donors (Lipinski definition) is 1. The molecule has 0 bridgehead atoms. The highest BCUT2D eigenvalue weighted by Crippen LogP contribution is 2.37. The number of halogens is 1. The van der Waals surface area contributed by atoms with Crippen molar-refractivity contribution in [1.82, 2.24) is 5.32 Å². The van der Waals surface area contributed by atoms with Crippen LogP contribution in [0.4, 0.5) is 0 Å². The second-order valence-electron chi connectivity index (χ2n) is 5.46. The van der Waals surface area contributed by atoms with Crippen LogP contribution in [0, 0.1) is 5.92 Å². The summed E-state index contributed by atoms with van der Waals surface area (Å²) in [5.74, 6) is 1.35. The zero-order valence-electron chi connectivity index (χ0n) is 12.5. The molecule has 1 aliphatic rings. The summed E-state index contributed by atoms with van der Waals surface area (Å²) < 4.78 is 11.2. The molecule has 3 atom stereocenters. The number of rotatable bonds is 6. The first kappa shape index (κ1) is 15.6. The number of nitrogens with one attached hydrogen (secondary N) is 1. The van der Waals surface area contributed by atoms with Gasteiger partial charge >= 0.3 is 0 Å². The highest BCUT2D eigenvalue weighted by atomic mass is 35.5. The number of benzene rings is 1. The number of methoxy groups -OCH3 is 1. The summed E-state index contributed by atoms with van der Waals surface area (Å²) in [6.45, 7) is 6.07. The third kappa shape index (κ3) is 3.66. The average molecular weight is 298 g/mol. The first-order valence-electron chi connectivity index (χ1n) is 7.34. The first-order valence-corrected chi connectivity index (χ1v) is 7.72. The van der Waals surface area contributed by atoms with Crippen LogP contribution in [0.3, 0.4) is 0 Å². The predicted molar refractivity (Wildman–Crippen MR) is 82.6 cm³/mol. The van der Waals surface area contributed by atoms with Gasteiger partial charge in [0.1, 0.15) is 5.75 Å². The van der Waals surface area contributed by atoms with E-state index in [0.29, 0.717) is 12.0 Å². The summed E-state index contributed by atoms with van der Waals surface area (Å²) in [6.07, 6.45) is 2.50. The van der Waals surface area contributed by atoms with Gasteiger partial charge in [0.05, 0.1) is 19.8 Å². The van der Waals surface area contributed by atoms with E-state index in [1.54, 1.807) is 7.11 Å². The Hall–Kier alpha value is -0.770. The Morgan fingerprint density at radius 1 is 1.50 bits per heavy atom. The highest BCUT2D eigenvalue weighted by Gasteiger charge is 2.31. The van der Waals surface area contributed by atoms with E-state index in [0.717, 1.165) is 42.3 Å². The molecule has 0 aliphatic carbocycles. The van der Waals surface area contributed by atoms with Gasteiger partial charge in [0.25, 0.3) is 0 Å². The molecule has 0 aromatic heterocycles. The molecule has 0 radical (unpaired) electrons. The molecular weight excluding hydrogens is 274 g/mol. The Morgan fingerprint density at radius 3 is 2.90 bits per heavy atom. The van der Waals surface area contributed by atoms with Crippen molar-refractivity contribution in [3.05, 3.63) is 28.8 Å². The smallest absolute Gasteiger partial charge is 0.123 e. The van der Waals surface area contributed by atoms with Gasteiger partial charge in [0, 0.05) is 22.5 Å². The summed E-state index contributed by atoms with van der Waals surface area (Å²) in [5, 5.41) is 4.38. The summed E-state index contributed by atoms with van der Waals surface area (Å²) >= 11 is 6.17. The van der Waals surface area contributed by atoms with E-state index in [2.05, 4.69) is 19.2 Å². The quantitative estimate of drug-likeness (QED) is 0.866. The maximum Gasteiger partial charge on any atom is 0.123 e. The molecular formula is C16H24ClNO2. The summed E-state index contributed by atoms with van der Waals surface area (Å²) in [4.78, 5) is 0. The van der Waals surface area contributed by atoms with Crippen molar-refractivity contribution >= 4 is 11.6 Å². The fourth-order valence-electron chi connectivity index (χ4n) is 2.86. The normalized spacial score (nSPS) is 23.8. The SMILES string of the molecule is CCCNC(c1cc(Cl)ccc1OC)C1COC(C)C1. The van der Waals surface area contributed by atoms with E-state index in [9.17, 15) is 0 Å². The number of hydrogen-bond acceptors (Lipinski definition) is 3. The molecule has 3 unspecified atom stereocenters. The van der Waals surface area contributed by atoms with Gasteiger partial charge in [0.2, 0.25) is 0 Å². The van der Waals surface area contributed by atoms with E-state index in [1.807, 2.05) is 18.2 Å². The zero-order valence-corrected chi connectivity index (χ0v) is 13.2. The van der Waals surface area contributed by atoms with Gasteiger partial charge < -0.3 is 14.8 Å². The summed E-state index contributed by atoms with van der Waals surface area (Å²) in [7, 11) is 1.71. The van der Waals surface area contributed by atoms with Gasteiger partial charge in [-0.05, 0) is 44.5 Å². The molecule has 2 rings (SSSR count). The molecule has 1 aliphatic heterocycles. The van der Waals surface area contributed by atoms with Crippen LogP contribution in [0.1, 0.15) is 38.3 Å². The van der Waals surface area contributed by atoms with Crippen LogP contribution in [-0.4, -0.2) is 26.4 Å². The van der Waals surface area contributed by atoms with E-state index in [4.69, 9.17) is 21.1 Å². The topological polar surface area (TPSA) is 30.5 Å². The van der Waals surface area contributed by atoms with Crippen LogP contribution < -0.4 is 10.1 Å². The van der Waals surface area contributed by atoms with E-state index in [-0.39, 0.29) is 6.04 Å². The zero-order chi connectivity index (χ0) is 14.5. The second-order valence-corrected chi connectivity index (χ2v) is 5.89. The Balaban J connectivity index is 2.27. The fourth-order valence-corrected chi connectivity index (χ4v) is 3.04. The van der Waals surface area contributed by atoms with Crippen LogP contribution in [0.2, 0.25) is 5.02 Å². The van der Waals surface area contributed by atoms with Crippen molar-refractivity contribution in [2.45, 2.75) is 38.8 Å². The van der Waals surface area contributed by atoms with Gasteiger partial charge in [0.15, 0.2) is 0 Å². The van der Waals surface area contributed by atoms with E-state index < -0.39 is 0 Å². The van der Waals surface area contributed by atoms with Crippen molar-refractivity contribution in [3.63, 3.8) is 0 Å². The van der Waals surface area contributed by atoms with Gasteiger partial charge in [-0.2, -0.15) is 0 Å². The molecule has 3 nitrogen and oxygen atoms in total. The molecule has 1 heterocycles. The van der Waals surface area contributed by atoms with Gasteiger partial charge in [-0.15, -0.1) is 0 Å². The third-order valence-electron chi connectivity index (χ3n) is 3.84. The minimum absolute atomic E-state index is 0.230. The monoisotopic (exact) mass is 297 g/mol. The molecule has 4 heteroatoms. The molecule has 0 amide bonds. The Bertz CT molecular complexity index is 438. The van der Waals surface area contributed by atoms with E-state index in [1.165, 1.54) is 0 Å². The Labute approximate surface area is 126 Å². The van der Waals surface area contributed by atoms with Crippen LogP contribution in [-0.2, 0) is 4.74 Å². The molecule has 0 spiro atoms. The van der Waals surface area contributed by atoms with Crippen molar-refractivity contribution < 1.29 is 9.47 Å². The Morgan fingerprint density at radius 2 is 2.30 bits per heavy atom. The van der Waals surface area contributed by atoms with Gasteiger partial charge in [-0.3, -0.25) is 0 Å². The maximum absolute atomic E-state index is 6.17. The summed E-state index contributed by atoms with van der Waals surface area (Å²) in [5.41, 5.74) is 1.14. The van der Waals surface area contributed by atoms with Crippen LogP contribution in [0.5, 0.6) is 5.75 Å². The molecule has 1 aromatic rings. The number of ether oxygens (including phenoxy) is 2. The van der Waals surface area contributed by atoms with Crippen molar-refractivity contribution in [2.24, 2.45) is 5.92 Å². The largest absolute Gasteiger partial charge is 0.496 e. The average Bonchev–Trinajstić information content (AvgIpc) is 2.86. The van der Waals surface area contributed by atoms with Crippen molar-refractivity contribution in [2.75, 3.05) is 20.3 Å². The predicted octanol–water partition coefficient (Wildman–Crippen LogP) is 3.81. The minimum Gasteiger partial charge on any atom is -0.496 e. The fraction of sp³-hybridized carbons (Fsp3) is 0.625. The molecule has 1 saturated heterocycles. The van der Waals surface area contributed by atoms with Crippen LogP contribution in [0.15, 0.2) is 18.2 Å². The molecule has 1 fully saturated rings. The minimum atomic E-state index is 0.230. The Kier molecular flexibility index (Phi) is 5.70. The van der Waals surface area contributed by atoms with Crippen molar-refractivity contribution in [3.8, 4) is 5.75 Å².